The highest BCUT2D eigenvalue weighted by molar-refractivity contribution is 14.2. The lowest BCUT2D eigenvalue weighted by molar-refractivity contribution is 0.841. The maximum Gasteiger partial charge on any atom is 0.0109 e. The predicted octanol–water partition coefficient (Wildman–Crippen LogP) is 4.09. The van der Waals surface area contributed by atoms with Gasteiger partial charge in [0.1, 0.15) is 0 Å². The first-order valence-electron chi connectivity index (χ1n) is 3.88. The Kier molecular flexibility index (Phi) is 4.24. The van der Waals surface area contributed by atoms with Crippen molar-refractivity contribution in [2.75, 3.05) is 0 Å². The summed E-state index contributed by atoms with van der Waals surface area (Å²) >= 11 is 2.20. The van der Waals surface area contributed by atoms with Crippen molar-refractivity contribution in [3.05, 3.63) is 23.3 Å². The molecule has 0 N–H and O–H groups in total. The zero-order valence-corrected chi connectivity index (χ0v) is 10.1. The molecule has 12 heavy (non-hydrogen) atoms. The zero-order chi connectivity index (χ0) is 8.97. The number of allylic oxidation sites excluding steroid dienone is 3. The van der Waals surface area contributed by atoms with Crippen LogP contribution in [-0.2, 0) is 0 Å². The Labute approximate surface area is 90.5 Å². The van der Waals surface area contributed by atoms with Crippen LogP contribution in [0, 0.1) is 11.2 Å². The summed E-state index contributed by atoms with van der Waals surface area (Å²) in [4.78, 5) is 0. The number of hydrogen-bond acceptors (Lipinski definition) is 1. The Morgan fingerprint density at radius 1 is 1.50 bits per heavy atom. The first-order valence-corrected chi connectivity index (χ1v) is 7.24. The molecule has 64 valence electrons. The van der Waals surface area contributed by atoms with Crippen LogP contribution >= 0.6 is 30.1 Å². The molecule has 2 heteroatoms. The van der Waals surface area contributed by atoms with E-state index in [1.807, 2.05) is 0 Å². The van der Waals surface area contributed by atoms with Crippen molar-refractivity contribution in [3.63, 3.8) is 0 Å². The standard InChI is InChI=1S/C10H11IS/c1-8-3-4-10(5-6-12-11)9(2)7-8/h1,3-4,7H2,2H3. The van der Waals surface area contributed by atoms with Gasteiger partial charge >= 0.3 is 0 Å². The number of halogens is 1. The number of rotatable bonds is 0. The summed E-state index contributed by atoms with van der Waals surface area (Å²) in [6, 6.07) is 0. The molecule has 0 atom stereocenters. The van der Waals surface area contributed by atoms with E-state index in [0.29, 0.717) is 0 Å². The summed E-state index contributed by atoms with van der Waals surface area (Å²) in [7, 11) is 1.55. The average Bonchev–Trinajstić information content (AvgIpc) is 2.03. The van der Waals surface area contributed by atoms with Gasteiger partial charge in [-0.15, -0.1) is 0 Å². The highest BCUT2D eigenvalue weighted by Gasteiger charge is 2.09. The third-order valence-electron chi connectivity index (χ3n) is 2.00. The summed E-state index contributed by atoms with van der Waals surface area (Å²) in [5.74, 6) is 3.19. The van der Waals surface area contributed by atoms with Gasteiger partial charge in [0.25, 0.3) is 0 Å². The van der Waals surface area contributed by atoms with Gasteiger partial charge < -0.3 is 0 Å². The second kappa shape index (κ2) is 4.98. The van der Waals surface area contributed by atoms with Gasteiger partial charge in [-0.25, -0.2) is 0 Å². The smallest absolute Gasteiger partial charge is 0.0109 e. The van der Waals surface area contributed by atoms with Crippen molar-refractivity contribution >= 4 is 30.1 Å². The minimum Gasteiger partial charge on any atom is -0.0995 e. The van der Waals surface area contributed by atoms with E-state index in [0.717, 1.165) is 19.3 Å². The Morgan fingerprint density at radius 3 is 2.83 bits per heavy atom. The lowest BCUT2D eigenvalue weighted by Crippen LogP contribution is -1.97. The highest BCUT2D eigenvalue weighted by Crippen LogP contribution is 2.27. The molecule has 0 bridgehead atoms. The maximum atomic E-state index is 3.99. The molecule has 0 fully saturated rings. The summed E-state index contributed by atoms with van der Waals surface area (Å²) in [6.45, 7) is 6.15. The van der Waals surface area contributed by atoms with E-state index in [1.165, 1.54) is 16.7 Å². The third-order valence-corrected chi connectivity index (χ3v) is 2.84. The van der Waals surface area contributed by atoms with Crippen LogP contribution in [0.15, 0.2) is 23.3 Å². The maximum absolute atomic E-state index is 3.99. The fraction of sp³-hybridized carbons (Fsp3) is 0.400. The Balaban J connectivity index is 2.75. The van der Waals surface area contributed by atoms with Crippen molar-refractivity contribution in [3.8, 4) is 11.2 Å². The lowest BCUT2D eigenvalue weighted by Gasteiger charge is -2.15. The van der Waals surface area contributed by atoms with E-state index in [1.54, 1.807) is 8.93 Å². The van der Waals surface area contributed by atoms with Gasteiger partial charge in [-0.3, -0.25) is 0 Å². The predicted molar refractivity (Wildman–Crippen MR) is 65.1 cm³/mol. The van der Waals surface area contributed by atoms with Crippen LogP contribution in [0.1, 0.15) is 26.2 Å². The van der Waals surface area contributed by atoms with Gasteiger partial charge in [-0.1, -0.05) is 23.6 Å². The van der Waals surface area contributed by atoms with E-state index in [2.05, 4.69) is 45.9 Å². The quantitative estimate of drug-likeness (QED) is 0.368. The van der Waals surface area contributed by atoms with E-state index < -0.39 is 0 Å². The summed E-state index contributed by atoms with van der Waals surface area (Å²) in [5.41, 5.74) is 4.08. The van der Waals surface area contributed by atoms with E-state index in [4.69, 9.17) is 0 Å². The van der Waals surface area contributed by atoms with E-state index in [9.17, 15) is 0 Å². The number of hydrogen-bond donors (Lipinski definition) is 0. The Morgan fingerprint density at radius 2 is 2.25 bits per heavy atom. The molecule has 0 heterocycles. The summed E-state index contributed by atoms with van der Waals surface area (Å²) < 4.78 is 0. The lowest BCUT2D eigenvalue weighted by atomic mass is 9.90. The van der Waals surface area contributed by atoms with Gasteiger partial charge in [0, 0.05) is 26.8 Å². The van der Waals surface area contributed by atoms with Crippen LogP contribution < -0.4 is 0 Å². The Bertz CT molecular complexity index is 278. The monoisotopic (exact) mass is 290 g/mol. The van der Waals surface area contributed by atoms with Gasteiger partial charge in [-0.05, 0) is 40.4 Å². The molecule has 0 amide bonds. The molecular weight excluding hydrogens is 279 g/mol. The van der Waals surface area contributed by atoms with Gasteiger partial charge in [-0.2, -0.15) is 0 Å². The SMILES string of the molecule is C=C1CCC(C#CSI)=C(C)C1. The second-order valence-corrected chi connectivity index (χ2v) is 4.67. The molecule has 0 aromatic carbocycles. The van der Waals surface area contributed by atoms with Crippen LogP contribution in [0.5, 0.6) is 0 Å². The minimum atomic E-state index is 1.05. The van der Waals surface area contributed by atoms with Gasteiger partial charge in [0.05, 0.1) is 0 Å². The van der Waals surface area contributed by atoms with E-state index in [-0.39, 0.29) is 0 Å². The normalized spacial score (nSPS) is 17.3. The molecule has 0 saturated heterocycles. The van der Waals surface area contributed by atoms with Gasteiger partial charge in [0.15, 0.2) is 0 Å². The van der Waals surface area contributed by atoms with Crippen LogP contribution in [0.2, 0.25) is 0 Å². The third kappa shape index (κ3) is 2.87. The summed E-state index contributed by atoms with van der Waals surface area (Å²) in [5, 5.41) is 3.03. The van der Waals surface area contributed by atoms with Crippen molar-refractivity contribution in [2.45, 2.75) is 26.2 Å². The highest BCUT2D eigenvalue weighted by atomic mass is 127. The van der Waals surface area contributed by atoms with E-state index >= 15 is 0 Å². The fourth-order valence-corrected chi connectivity index (χ4v) is 1.83. The van der Waals surface area contributed by atoms with Crippen LogP contribution in [0.3, 0.4) is 0 Å². The van der Waals surface area contributed by atoms with Crippen molar-refractivity contribution in [1.82, 2.24) is 0 Å². The second-order valence-electron chi connectivity index (χ2n) is 2.99. The molecule has 0 aliphatic heterocycles. The molecule has 0 aromatic rings. The molecule has 0 spiro atoms. The molecule has 0 nitrogen and oxygen atoms in total. The molecule has 0 aromatic heterocycles. The van der Waals surface area contributed by atoms with Crippen LogP contribution in [-0.4, -0.2) is 0 Å². The molecule has 1 aliphatic rings. The van der Waals surface area contributed by atoms with Crippen molar-refractivity contribution in [2.24, 2.45) is 0 Å². The fourth-order valence-electron chi connectivity index (χ4n) is 1.34. The van der Waals surface area contributed by atoms with Crippen LogP contribution in [0.4, 0.5) is 0 Å². The minimum absolute atomic E-state index is 1.05. The van der Waals surface area contributed by atoms with Crippen molar-refractivity contribution in [1.29, 1.82) is 0 Å². The molecular formula is C10H11IS. The van der Waals surface area contributed by atoms with Crippen molar-refractivity contribution < 1.29 is 0 Å². The molecule has 0 radical (unpaired) electrons. The molecule has 0 unspecified atom stereocenters. The largest absolute Gasteiger partial charge is 0.0995 e. The topological polar surface area (TPSA) is 0 Å². The molecule has 1 aliphatic carbocycles. The first-order chi connectivity index (χ1) is 5.74. The van der Waals surface area contributed by atoms with Gasteiger partial charge in [0.2, 0.25) is 0 Å². The average molecular weight is 290 g/mol. The first kappa shape index (κ1) is 10.2. The summed E-state index contributed by atoms with van der Waals surface area (Å²) in [6.07, 6.45) is 3.26. The van der Waals surface area contributed by atoms with Crippen LogP contribution in [0.25, 0.3) is 0 Å². The Hall–Kier alpha value is 0.120. The molecule has 1 rings (SSSR count). The zero-order valence-electron chi connectivity index (χ0n) is 7.11. The molecule has 0 saturated carbocycles.